The predicted octanol–water partition coefficient (Wildman–Crippen LogP) is 1.67. The topological polar surface area (TPSA) is 49.7 Å². The Morgan fingerprint density at radius 1 is 1.33 bits per heavy atom. The number of benzene rings is 1. The first-order chi connectivity index (χ1) is 7.25. The number of hydrogen-bond donors (Lipinski definition) is 1. The molecule has 1 aliphatic rings. The van der Waals surface area contributed by atoms with E-state index in [1.54, 1.807) is 18.3 Å². The molecule has 3 heteroatoms. The number of rotatable bonds is 2. The molecule has 3 nitrogen and oxygen atoms in total. The first-order valence-electron chi connectivity index (χ1n) is 5.07. The average molecular weight is 203 g/mol. The molecule has 1 saturated carbocycles. The molecule has 1 amide bonds. The molecule has 15 heavy (non-hydrogen) atoms. The molecule has 0 atom stereocenters. The van der Waals surface area contributed by atoms with E-state index < -0.39 is 0 Å². The molecule has 78 valence electrons. The van der Waals surface area contributed by atoms with Gasteiger partial charge < -0.3 is 5.11 Å². The van der Waals surface area contributed by atoms with E-state index in [0.717, 1.165) is 12.8 Å². The van der Waals surface area contributed by atoms with Gasteiger partial charge in [-0.05, 0) is 30.9 Å². The van der Waals surface area contributed by atoms with Crippen LogP contribution in [0.3, 0.4) is 0 Å². The van der Waals surface area contributed by atoms with Crippen LogP contribution in [-0.4, -0.2) is 23.3 Å². The summed E-state index contributed by atoms with van der Waals surface area (Å²) in [6.07, 6.45) is 2.91. The molecule has 0 aliphatic heterocycles. The number of aliphatic hydroxyl groups excluding tert-OH is 1. The van der Waals surface area contributed by atoms with Gasteiger partial charge in [-0.1, -0.05) is 18.2 Å². The SMILES string of the molecule is O=C(N=CC1CC(O)C1)c1ccccc1. The number of carbonyl (C=O) groups is 1. The van der Waals surface area contributed by atoms with Crippen molar-refractivity contribution in [2.45, 2.75) is 18.9 Å². The van der Waals surface area contributed by atoms with Crippen LogP contribution in [0, 0.1) is 5.92 Å². The lowest BCUT2D eigenvalue weighted by Gasteiger charge is -2.27. The number of carbonyl (C=O) groups excluding carboxylic acids is 1. The van der Waals surface area contributed by atoms with Crippen LogP contribution in [0.5, 0.6) is 0 Å². The van der Waals surface area contributed by atoms with Crippen molar-refractivity contribution < 1.29 is 9.90 Å². The molecule has 0 bridgehead atoms. The molecular weight excluding hydrogens is 190 g/mol. The van der Waals surface area contributed by atoms with Crippen LogP contribution in [0.2, 0.25) is 0 Å². The molecule has 0 spiro atoms. The van der Waals surface area contributed by atoms with Crippen LogP contribution in [0.15, 0.2) is 35.3 Å². The molecule has 1 aromatic rings. The van der Waals surface area contributed by atoms with E-state index in [2.05, 4.69) is 4.99 Å². The first kappa shape index (κ1) is 10.1. The summed E-state index contributed by atoms with van der Waals surface area (Å²) in [5.74, 6) is 0.0599. The van der Waals surface area contributed by atoms with E-state index in [9.17, 15) is 4.79 Å². The fourth-order valence-corrected chi connectivity index (χ4v) is 1.58. The summed E-state index contributed by atoms with van der Waals surface area (Å²) in [6.45, 7) is 0. The van der Waals surface area contributed by atoms with Crippen molar-refractivity contribution >= 4 is 12.1 Å². The third-order valence-corrected chi connectivity index (χ3v) is 2.57. The Morgan fingerprint density at radius 3 is 2.60 bits per heavy atom. The van der Waals surface area contributed by atoms with Gasteiger partial charge in [0.25, 0.3) is 5.91 Å². The van der Waals surface area contributed by atoms with E-state index in [-0.39, 0.29) is 17.9 Å². The van der Waals surface area contributed by atoms with Gasteiger partial charge in [0.05, 0.1) is 6.10 Å². The summed E-state index contributed by atoms with van der Waals surface area (Å²) in [5, 5.41) is 9.05. The van der Waals surface area contributed by atoms with Crippen LogP contribution in [0.1, 0.15) is 23.2 Å². The maximum atomic E-state index is 11.5. The Bertz CT molecular complexity index is 366. The Labute approximate surface area is 88.5 Å². The second kappa shape index (κ2) is 4.36. The number of aliphatic hydroxyl groups is 1. The van der Waals surface area contributed by atoms with Crippen LogP contribution < -0.4 is 0 Å². The normalized spacial score (nSPS) is 25.1. The zero-order valence-corrected chi connectivity index (χ0v) is 8.34. The van der Waals surface area contributed by atoms with Crippen LogP contribution >= 0.6 is 0 Å². The van der Waals surface area contributed by atoms with E-state index in [1.807, 2.05) is 18.2 Å². The summed E-state index contributed by atoms with van der Waals surface area (Å²) in [4.78, 5) is 15.4. The average Bonchev–Trinajstić information content (AvgIpc) is 2.23. The molecule has 0 aromatic heterocycles. The smallest absolute Gasteiger partial charge is 0.276 e. The lowest BCUT2D eigenvalue weighted by atomic mass is 9.83. The summed E-state index contributed by atoms with van der Waals surface area (Å²) >= 11 is 0. The minimum absolute atomic E-state index is 0.201. The molecule has 1 aromatic carbocycles. The zero-order valence-electron chi connectivity index (χ0n) is 8.34. The second-order valence-electron chi connectivity index (χ2n) is 3.83. The predicted molar refractivity (Wildman–Crippen MR) is 58.0 cm³/mol. The summed E-state index contributed by atoms with van der Waals surface area (Å²) in [7, 11) is 0. The lowest BCUT2D eigenvalue weighted by molar-refractivity contribution is 0.0715. The molecule has 0 saturated heterocycles. The number of aliphatic imine (C=N–C) groups is 1. The maximum absolute atomic E-state index is 11.5. The van der Waals surface area contributed by atoms with E-state index >= 15 is 0 Å². The van der Waals surface area contributed by atoms with Gasteiger partial charge >= 0.3 is 0 Å². The van der Waals surface area contributed by atoms with E-state index in [0.29, 0.717) is 5.56 Å². The van der Waals surface area contributed by atoms with Crippen LogP contribution in [0.25, 0.3) is 0 Å². The highest BCUT2D eigenvalue weighted by Crippen LogP contribution is 2.25. The Balaban J connectivity index is 1.93. The molecule has 2 rings (SSSR count). The van der Waals surface area contributed by atoms with Crippen molar-refractivity contribution in [1.29, 1.82) is 0 Å². The van der Waals surface area contributed by atoms with E-state index in [4.69, 9.17) is 5.11 Å². The molecule has 0 radical (unpaired) electrons. The second-order valence-corrected chi connectivity index (χ2v) is 3.83. The number of hydrogen-bond acceptors (Lipinski definition) is 2. The van der Waals surface area contributed by atoms with Gasteiger partial charge in [0, 0.05) is 11.8 Å². The van der Waals surface area contributed by atoms with Gasteiger partial charge in [-0.25, -0.2) is 4.99 Å². The van der Waals surface area contributed by atoms with E-state index in [1.165, 1.54) is 0 Å². The summed E-state index contributed by atoms with van der Waals surface area (Å²) < 4.78 is 0. The van der Waals surface area contributed by atoms with Gasteiger partial charge in [0.15, 0.2) is 0 Å². The van der Waals surface area contributed by atoms with Crippen molar-refractivity contribution in [2.75, 3.05) is 0 Å². The maximum Gasteiger partial charge on any atom is 0.276 e. The molecule has 1 aliphatic carbocycles. The van der Waals surface area contributed by atoms with Crippen molar-refractivity contribution in [3.05, 3.63) is 35.9 Å². The van der Waals surface area contributed by atoms with Crippen LogP contribution in [0.4, 0.5) is 0 Å². The largest absolute Gasteiger partial charge is 0.393 e. The molecule has 0 heterocycles. The molecular formula is C12H13NO2. The lowest BCUT2D eigenvalue weighted by Crippen LogP contribution is -2.29. The summed E-state index contributed by atoms with van der Waals surface area (Å²) in [5.41, 5.74) is 0.605. The molecule has 0 unspecified atom stereocenters. The third-order valence-electron chi connectivity index (χ3n) is 2.57. The van der Waals surface area contributed by atoms with Gasteiger partial charge in [0.2, 0.25) is 0 Å². The highest BCUT2D eigenvalue weighted by atomic mass is 16.3. The van der Waals surface area contributed by atoms with Crippen molar-refractivity contribution in [1.82, 2.24) is 0 Å². The zero-order chi connectivity index (χ0) is 10.7. The van der Waals surface area contributed by atoms with Crippen LogP contribution in [-0.2, 0) is 0 Å². The molecule has 1 fully saturated rings. The van der Waals surface area contributed by atoms with Crippen molar-refractivity contribution in [3.63, 3.8) is 0 Å². The van der Waals surface area contributed by atoms with Crippen molar-refractivity contribution in [2.24, 2.45) is 10.9 Å². The first-order valence-corrected chi connectivity index (χ1v) is 5.07. The monoisotopic (exact) mass is 203 g/mol. The minimum Gasteiger partial charge on any atom is -0.393 e. The third kappa shape index (κ3) is 2.50. The van der Waals surface area contributed by atoms with Gasteiger partial charge in [-0.2, -0.15) is 0 Å². The van der Waals surface area contributed by atoms with Gasteiger partial charge in [0.1, 0.15) is 0 Å². The number of amides is 1. The Hall–Kier alpha value is -1.48. The Morgan fingerprint density at radius 2 is 2.00 bits per heavy atom. The highest BCUT2D eigenvalue weighted by Gasteiger charge is 2.25. The number of nitrogens with zero attached hydrogens (tertiary/aromatic N) is 1. The van der Waals surface area contributed by atoms with Crippen molar-refractivity contribution in [3.8, 4) is 0 Å². The Kier molecular flexibility index (Phi) is 2.92. The summed E-state index contributed by atoms with van der Waals surface area (Å²) in [6, 6.07) is 8.99. The highest BCUT2D eigenvalue weighted by molar-refractivity contribution is 5.99. The fraction of sp³-hybridized carbons (Fsp3) is 0.333. The van der Waals surface area contributed by atoms with Gasteiger partial charge in [-0.15, -0.1) is 0 Å². The molecule has 1 N–H and O–H groups in total. The van der Waals surface area contributed by atoms with Gasteiger partial charge in [-0.3, -0.25) is 4.79 Å². The standard InChI is InChI=1S/C12H13NO2/c14-11-6-9(7-11)8-13-12(15)10-4-2-1-3-5-10/h1-5,8-9,11,14H,6-7H2. The minimum atomic E-state index is -0.211. The quantitative estimate of drug-likeness (QED) is 0.743. The fourth-order valence-electron chi connectivity index (χ4n) is 1.58.